The van der Waals surface area contributed by atoms with Crippen LogP contribution in [0.5, 0.6) is 0 Å². The maximum atomic E-state index is 11.5. The highest BCUT2D eigenvalue weighted by Crippen LogP contribution is 2.06. The number of nitrogens with one attached hydrogen (secondary N) is 2. The lowest BCUT2D eigenvalue weighted by Crippen LogP contribution is -2.47. The Balaban J connectivity index is 2.42. The van der Waals surface area contributed by atoms with Gasteiger partial charge in [-0.05, 0) is 13.3 Å². The first-order valence-electron chi connectivity index (χ1n) is 4.72. The van der Waals surface area contributed by atoms with E-state index in [1.54, 1.807) is 0 Å². The molecule has 1 heterocycles. The number of ether oxygens (including phenoxy) is 1. The molecule has 0 aromatic carbocycles. The van der Waals surface area contributed by atoms with E-state index < -0.39 is 18.1 Å². The lowest BCUT2D eigenvalue weighted by atomic mass is 10.2. The molecule has 6 heteroatoms. The molecule has 0 bridgehead atoms. The summed E-state index contributed by atoms with van der Waals surface area (Å²) >= 11 is 0. The zero-order valence-electron chi connectivity index (χ0n) is 8.70. The predicted octanol–water partition coefficient (Wildman–Crippen LogP) is -1.06. The third-order valence-electron chi connectivity index (χ3n) is 2.23. The molecule has 0 aromatic rings. The third-order valence-corrected chi connectivity index (χ3v) is 2.23. The molecule has 1 aliphatic heterocycles. The summed E-state index contributed by atoms with van der Waals surface area (Å²) in [6.07, 6.45) is 0.823. The van der Waals surface area contributed by atoms with Crippen LogP contribution in [-0.4, -0.2) is 37.0 Å². The Morgan fingerprint density at radius 3 is 2.73 bits per heavy atom. The molecule has 0 unspecified atom stereocenters. The highest BCUT2D eigenvalue weighted by molar-refractivity contribution is 5.92. The highest BCUT2D eigenvalue weighted by atomic mass is 16.5. The summed E-state index contributed by atoms with van der Waals surface area (Å²) in [5.41, 5.74) is 0. The van der Waals surface area contributed by atoms with E-state index in [1.165, 1.54) is 14.0 Å². The Hall–Kier alpha value is -1.59. The van der Waals surface area contributed by atoms with Crippen molar-refractivity contribution in [3.8, 4) is 0 Å². The molecule has 0 aromatic heterocycles. The molecule has 1 rings (SSSR count). The molecule has 2 atom stereocenters. The average molecular weight is 214 g/mol. The lowest BCUT2D eigenvalue weighted by Gasteiger charge is -2.14. The van der Waals surface area contributed by atoms with Crippen LogP contribution in [-0.2, 0) is 19.1 Å². The maximum absolute atomic E-state index is 11.5. The fraction of sp³-hybridized carbons (Fsp3) is 0.667. The van der Waals surface area contributed by atoms with Crippen LogP contribution in [0, 0.1) is 0 Å². The summed E-state index contributed by atoms with van der Waals surface area (Å²) in [5, 5.41) is 4.98. The van der Waals surface area contributed by atoms with E-state index in [9.17, 15) is 14.4 Å². The molecule has 1 aliphatic rings. The monoisotopic (exact) mass is 214 g/mol. The molecule has 15 heavy (non-hydrogen) atoms. The molecular weight excluding hydrogens is 200 g/mol. The molecule has 84 valence electrons. The number of hydrogen-bond acceptors (Lipinski definition) is 4. The van der Waals surface area contributed by atoms with Crippen LogP contribution >= 0.6 is 0 Å². The molecular formula is C9H14N2O4. The van der Waals surface area contributed by atoms with Crippen molar-refractivity contribution >= 4 is 17.8 Å². The van der Waals surface area contributed by atoms with Crippen molar-refractivity contribution < 1.29 is 19.1 Å². The Bertz CT molecular complexity index is 290. The SMILES string of the molecule is COC(=O)[C@@H](C)NC(=O)[C@H]1CCC(=O)N1. The van der Waals surface area contributed by atoms with E-state index in [1.807, 2.05) is 0 Å². The first-order chi connectivity index (χ1) is 7.04. The van der Waals surface area contributed by atoms with Gasteiger partial charge >= 0.3 is 5.97 Å². The van der Waals surface area contributed by atoms with Gasteiger partial charge in [0.25, 0.3) is 0 Å². The number of hydrogen-bond donors (Lipinski definition) is 2. The van der Waals surface area contributed by atoms with Gasteiger partial charge in [-0.2, -0.15) is 0 Å². The quantitative estimate of drug-likeness (QED) is 0.587. The van der Waals surface area contributed by atoms with E-state index in [0.717, 1.165) is 0 Å². The summed E-state index contributed by atoms with van der Waals surface area (Å²) in [7, 11) is 1.25. The van der Waals surface area contributed by atoms with Gasteiger partial charge in [-0.15, -0.1) is 0 Å². The molecule has 1 saturated heterocycles. The Morgan fingerprint density at radius 1 is 1.60 bits per heavy atom. The average Bonchev–Trinajstić information content (AvgIpc) is 2.63. The summed E-state index contributed by atoms with van der Waals surface area (Å²) in [6.45, 7) is 1.53. The highest BCUT2D eigenvalue weighted by Gasteiger charge is 2.29. The van der Waals surface area contributed by atoms with Gasteiger partial charge in [0.15, 0.2) is 0 Å². The van der Waals surface area contributed by atoms with Crippen molar-refractivity contribution in [2.75, 3.05) is 7.11 Å². The number of methoxy groups -OCH3 is 1. The summed E-state index contributed by atoms with van der Waals surface area (Å²) in [4.78, 5) is 33.3. The van der Waals surface area contributed by atoms with Crippen molar-refractivity contribution in [1.29, 1.82) is 0 Å². The van der Waals surface area contributed by atoms with E-state index in [2.05, 4.69) is 15.4 Å². The van der Waals surface area contributed by atoms with Crippen molar-refractivity contribution in [2.45, 2.75) is 31.8 Å². The molecule has 0 aliphatic carbocycles. The molecule has 6 nitrogen and oxygen atoms in total. The van der Waals surface area contributed by atoms with E-state index in [4.69, 9.17) is 0 Å². The van der Waals surface area contributed by atoms with Crippen molar-refractivity contribution in [3.63, 3.8) is 0 Å². The normalized spacial score (nSPS) is 21.7. The minimum atomic E-state index is -0.694. The van der Waals surface area contributed by atoms with Gasteiger partial charge in [-0.3, -0.25) is 9.59 Å². The first-order valence-corrected chi connectivity index (χ1v) is 4.72. The lowest BCUT2D eigenvalue weighted by molar-refractivity contribution is -0.144. The van der Waals surface area contributed by atoms with Crippen LogP contribution in [0.3, 0.4) is 0 Å². The van der Waals surface area contributed by atoms with Crippen molar-refractivity contribution in [3.05, 3.63) is 0 Å². The van der Waals surface area contributed by atoms with Gasteiger partial charge in [0.1, 0.15) is 12.1 Å². The largest absolute Gasteiger partial charge is 0.467 e. The summed E-state index contributed by atoms with van der Waals surface area (Å²) in [6, 6.07) is -1.22. The van der Waals surface area contributed by atoms with Gasteiger partial charge in [0.2, 0.25) is 11.8 Å². The Kier molecular flexibility index (Phi) is 3.65. The van der Waals surface area contributed by atoms with Gasteiger partial charge in [0, 0.05) is 6.42 Å². The van der Waals surface area contributed by atoms with Gasteiger partial charge in [-0.1, -0.05) is 0 Å². The number of amides is 2. The molecule has 2 N–H and O–H groups in total. The molecule has 2 amide bonds. The fourth-order valence-electron chi connectivity index (χ4n) is 1.36. The van der Waals surface area contributed by atoms with Crippen molar-refractivity contribution in [1.82, 2.24) is 10.6 Å². The topological polar surface area (TPSA) is 84.5 Å². The minimum absolute atomic E-state index is 0.138. The number of carbonyl (C=O) groups excluding carboxylic acids is 3. The zero-order chi connectivity index (χ0) is 11.4. The summed E-state index contributed by atoms with van der Waals surface area (Å²) < 4.78 is 4.46. The van der Waals surface area contributed by atoms with Gasteiger partial charge < -0.3 is 15.4 Å². The Morgan fingerprint density at radius 2 is 2.27 bits per heavy atom. The molecule has 0 saturated carbocycles. The fourth-order valence-corrected chi connectivity index (χ4v) is 1.36. The predicted molar refractivity (Wildman–Crippen MR) is 50.8 cm³/mol. The van der Waals surface area contributed by atoms with Crippen LogP contribution in [0.4, 0.5) is 0 Å². The van der Waals surface area contributed by atoms with Crippen LogP contribution in [0.2, 0.25) is 0 Å². The standard InChI is InChI=1S/C9H14N2O4/c1-5(9(14)15-2)10-8(13)6-3-4-7(12)11-6/h5-6H,3-4H2,1-2H3,(H,10,13)(H,11,12)/t5-,6-/m1/s1. The van der Waals surface area contributed by atoms with Crippen LogP contribution in [0.15, 0.2) is 0 Å². The third kappa shape index (κ3) is 2.93. The smallest absolute Gasteiger partial charge is 0.328 e. The molecule has 0 spiro atoms. The van der Waals surface area contributed by atoms with Crippen LogP contribution in [0.1, 0.15) is 19.8 Å². The molecule has 1 fully saturated rings. The van der Waals surface area contributed by atoms with Gasteiger partial charge in [0.05, 0.1) is 7.11 Å². The van der Waals surface area contributed by atoms with E-state index in [-0.39, 0.29) is 11.8 Å². The second-order valence-electron chi connectivity index (χ2n) is 3.41. The number of esters is 1. The van der Waals surface area contributed by atoms with Gasteiger partial charge in [-0.25, -0.2) is 4.79 Å². The number of carbonyl (C=O) groups is 3. The number of rotatable bonds is 3. The molecule has 0 radical (unpaired) electrons. The zero-order valence-corrected chi connectivity index (χ0v) is 8.70. The second kappa shape index (κ2) is 4.77. The summed E-state index contributed by atoms with van der Waals surface area (Å²) in [5.74, 6) is -0.993. The Labute approximate surface area is 87.4 Å². The maximum Gasteiger partial charge on any atom is 0.328 e. The second-order valence-corrected chi connectivity index (χ2v) is 3.41. The van der Waals surface area contributed by atoms with Crippen LogP contribution < -0.4 is 10.6 Å². The first kappa shape index (κ1) is 11.5. The van der Waals surface area contributed by atoms with Crippen molar-refractivity contribution in [2.24, 2.45) is 0 Å². The minimum Gasteiger partial charge on any atom is -0.467 e. The van der Waals surface area contributed by atoms with E-state index >= 15 is 0 Å². The van der Waals surface area contributed by atoms with Crippen LogP contribution in [0.25, 0.3) is 0 Å². The van der Waals surface area contributed by atoms with E-state index in [0.29, 0.717) is 12.8 Å².